The zero-order chi connectivity index (χ0) is 16.1. The third-order valence-corrected chi connectivity index (χ3v) is 3.24. The number of benzene rings is 1. The van der Waals surface area contributed by atoms with E-state index in [0.29, 0.717) is 6.42 Å². The molecule has 1 atom stereocenters. The van der Waals surface area contributed by atoms with Gasteiger partial charge < -0.3 is 14.8 Å². The topological polar surface area (TPSA) is 81.7 Å². The van der Waals surface area contributed by atoms with E-state index in [9.17, 15) is 14.4 Å². The molecule has 0 heterocycles. The molecule has 2 aromatic rings. The van der Waals surface area contributed by atoms with Crippen molar-refractivity contribution in [3.63, 3.8) is 0 Å². The van der Waals surface area contributed by atoms with Crippen LogP contribution in [0.15, 0.2) is 39.9 Å². The SMILES string of the molecule is CCOc1c(N[C@@H](Cc2ccccc2)C(=O)OC)c(=O)c1=O. The van der Waals surface area contributed by atoms with E-state index in [2.05, 4.69) is 5.32 Å². The van der Waals surface area contributed by atoms with Gasteiger partial charge in [0.05, 0.1) is 13.7 Å². The molecule has 2 rings (SSSR count). The molecular formula is C16H17NO5. The van der Waals surface area contributed by atoms with Crippen molar-refractivity contribution < 1.29 is 14.3 Å². The quantitative estimate of drug-likeness (QED) is 0.604. The largest absolute Gasteiger partial charge is 0.488 e. The van der Waals surface area contributed by atoms with Crippen LogP contribution in [0.5, 0.6) is 5.75 Å². The Morgan fingerprint density at radius 1 is 1.18 bits per heavy atom. The zero-order valence-corrected chi connectivity index (χ0v) is 12.4. The van der Waals surface area contributed by atoms with Crippen LogP contribution in [0.2, 0.25) is 0 Å². The van der Waals surface area contributed by atoms with Crippen molar-refractivity contribution in [2.45, 2.75) is 19.4 Å². The molecule has 0 unspecified atom stereocenters. The van der Waals surface area contributed by atoms with Gasteiger partial charge in [0, 0.05) is 6.42 Å². The smallest absolute Gasteiger partial charge is 0.328 e. The predicted molar refractivity (Wildman–Crippen MR) is 82.1 cm³/mol. The molecule has 0 bridgehead atoms. The van der Waals surface area contributed by atoms with Gasteiger partial charge >= 0.3 is 5.97 Å². The molecule has 0 aromatic heterocycles. The molecule has 0 saturated heterocycles. The van der Waals surface area contributed by atoms with Gasteiger partial charge in [-0.25, -0.2) is 4.79 Å². The fourth-order valence-electron chi connectivity index (χ4n) is 2.14. The standard InChI is InChI=1S/C16H17NO5/c1-3-22-15-12(13(18)14(15)19)17-11(16(20)21-2)9-10-7-5-4-6-8-10/h4-8,11,17H,3,9H2,1-2H3/t11-/m0/s1. The van der Waals surface area contributed by atoms with E-state index in [0.717, 1.165) is 5.56 Å². The summed E-state index contributed by atoms with van der Waals surface area (Å²) >= 11 is 0. The van der Waals surface area contributed by atoms with Crippen LogP contribution in [0.25, 0.3) is 0 Å². The number of esters is 1. The molecule has 0 radical (unpaired) electrons. The summed E-state index contributed by atoms with van der Waals surface area (Å²) < 4.78 is 9.88. The fraction of sp³-hybridized carbons (Fsp3) is 0.312. The van der Waals surface area contributed by atoms with Gasteiger partial charge in [-0.2, -0.15) is 0 Å². The first-order valence-corrected chi connectivity index (χ1v) is 6.92. The van der Waals surface area contributed by atoms with Gasteiger partial charge in [-0.05, 0) is 12.5 Å². The monoisotopic (exact) mass is 303 g/mol. The third kappa shape index (κ3) is 3.16. The summed E-state index contributed by atoms with van der Waals surface area (Å²) in [5.41, 5.74) is -0.404. The van der Waals surface area contributed by atoms with Crippen LogP contribution in [-0.4, -0.2) is 25.7 Å². The number of anilines is 1. The van der Waals surface area contributed by atoms with Gasteiger partial charge in [0.1, 0.15) is 11.7 Å². The highest BCUT2D eigenvalue weighted by molar-refractivity contribution is 5.81. The van der Waals surface area contributed by atoms with E-state index in [1.807, 2.05) is 30.3 Å². The first kappa shape index (κ1) is 15.8. The highest BCUT2D eigenvalue weighted by Crippen LogP contribution is 2.19. The summed E-state index contributed by atoms with van der Waals surface area (Å²) in [5, 5.41) is 2.78. The minimum absolute atomic E-state index is 0.0190. The Bertz CT molecular complexity index is 716. The number of ether oxygens (including phenoxy) is 2. The van der Waals surface area contributed by atoms with Gasteiger partial charge in [0.2, 0.25) is 0 Å². The van der Waals surface area contributed by atoms with Gasteiger partial charge in [-0.15, -0.1) is 0 Å². The first-order chi connectivity index (χ1) is 10.6. The molecule has 0 spiro atoms. The highest BCUT2D eigenvalue weighted by atomic mass is 16.5. The van der Waals surface area contributed by atoms with Crippen molar-refractivity contribution in [3.8, 4) is 5.75 Å². The van der Waals surface area contributed by atoms with E-state index < -0.39 is 22.9 Å². The molecule has 22 heavy (non-hydrogen) atoms. The predicted octanol–water partition coefficient (Wildman–Crippen LogP) is 0.877. The number of nitrogens with one attached hydrogen (secondary N) is 1. The molecule has 116 valence electrons. The zero-order valence-electron chi connectivity index (χ0n) is 12.4. The summed E-state index contributed by atoms with van der Waals surface area (Å²) in [4.78, 5) is 35.0. The van der Waals surface area contributed by atoms with Crippen LogP contribution in [0.4, 0.5) is 5.69 Å². The van der Waals surface area contributed by atoms with Crippen LogP contribution in [-0.2, 0) is 16.0 Å². The lowest BCUT2D eigenvalue weighted by atomic mass is 10.0. The van der Waals surface area contributed by atoms with E-state index in [1.165, 1.54) is 7.11 Å². The molecule has 1 N–H and O–H groups in total. The molecule has 6 nitrogen and oxygen atoms in total. The van der Waals surface area contributed by atoms with Crippen molar-refractivity contribution >= 4 is 11.7 Å². The second-order valence-electron chi connectivity index (χ2n) is 4.71. The summed E-state index contributed by atoms with van der Waals surface area (Å²) in [6.07, 6.45) is 0.331. The van der Waals surface area contributed by atoms with E-state index >= 15 is 0 Å². The average molecular weight is 303 g/mol. The van der Waals surface area contributed by atoms with E-state index in [4.69, 9.17) is 9.47 Å². The Hall–Kier alpha value is -2.63. The van der Waals surface area contributed by atoms with E-state index in [-0.39, 0.29) is 18.0 Å². The second-order valence-corrected chi connectivity index (χ2v) is 4.71. The van der Waals surface area contributed by atoms with Crippen LogP contribution in [0.3, 0.4) is 0 Å². The van der Waals surface area contributed by atoms with E-state index in [1.54, 1.807) is 6.92 Å². The summed E-state index contributed by atoms with van der Waals surface area (Å²) in [7, 11) is 1.27. The molecule has 0 saturated carbocycles. The normalized spacial score (nSPS) is 11.9. The second kappa shape index (κ2) is 6.89. The number of hydrogen-bond donors (Lipinski definition) is 1. The van der Waals surface area contributed by atoms with Crippen molar-refractivity contribution in [1.82, 2.24) is 0 Å². The maximum Gasteiger partial charge on any atom is 0.328 e. The van der Waals surface area contributed by atoms with Crippen LogP contribution in [0, 0.1) is 0 Å². The lowest BCUT2D eigenvalue weighted by molar-refractivity contribution is -0.141. The summed E-state index contributed by atoms with van der Waals surface area (Å²) in [6.45, 7) is 1.98. The number of hydrogen-bond acceptors (Lipinski definition) is 6. The van der Waals surface area contributed by atoms with Gasteiger partial charge in [-0.1, -0.05) is 30.3 Å². The molecular weight excluding hydrogens is 286 g/mol. The fourth-order valence-corrected chi connectivity index (χ4v) is 2.14. The maximum absolute atomic E-state index is 11.9. The van der Waals surface area contributed by atoms with Crippen molar-refractivity contribution in [2.24, 2.45) is 0 Å². The molecule has 0 fully saturated rings. The first-order valence-electron chi connectivity index (χ1n) is 6.92. The third-order valence-electron chi connectivity index (χ3n) is 3.24. The maximum atomic E-state index is 11.9. The molecule has 2 aromatic carbocycles. The lowest BCUT2D eigenvalue weighted by Crippen LogP contribution is -2.41. The molecule has 0 amide bonds. The van der Waals surface area contributed by atoms with Crippen molar-refractivity contribution in [3.05, 3.63) is 56.3 Å². The molecule has 0 aliphatic carbocycles. The number of carbonyl (C=O) groups excluding carboxylic acids is 1. The summed E-state index contributed by atoms with van der Waals surface area (Å²) in [6, 6.07) is 8.54. The van der Waals surface area contributed by atoms with Gasteiger partial charge in [-0.3, -0.25) is 9.59 Å². The van der Waals surface area contributed by atoms with Crippen molar-refractivity contribution in [1.29, 1.82) is 0 Å². The Morgan fingerprint density at radius 3 is 2.45 bits per heavy atom. The van der Waals surface area contributed by atoms with Gasteiger partial charge in [0.25, 0.3) is 10.9 Å². The molecule has 6 heteroatoms. The van der Waals surface area contributed by atoms with Crippen molar-refractivity contribution in [2.75, 3.05) is 19.0 Å². The van der Waals surface area contributed by atoms with Crippen LogP contribution >= 0.6 is 0 Å². The lowest BCUT2D eigenvalue weighted by Gasteiger charge is -2.20. The number of methoxy groups -OCH3 is 1. The summed E-state index contributed by atoms with van der Waals surface area (Å²) in [5.74, 6) is -0.534. The molecule has 0 aliphatic rings. The Morgan fingerprint density at radius 2 is 1.86 bits per heavy atom. The Labute approximate surface area is 127 Å². The minimum Gasteiger partial charge on any atom is -0.488 e. The van der Waals surface area contributed by atoms with Gasteiger partial charge in [0.15, 0.2) is 5.75 Å². The van der Waals surface area contributed by atoms with Crippen LogP contribution < -0.4 is 20.9 Å². The minimum atomic E-state index is -0.769. The average Bonchev–Trinajstić information content (AvgIpc) is 2.56. The highest BCUT2D eigenvalue weighted by Gasteiger charge is 2.28. The van der Waals surface area contributed by atoms with Crippen LogP contribution in [0.1, 0.15) is 12.5 Å². The molecule has 0 aliphatic heterocycles. The number of carbonyl (C=O) groups is 1. The number of rotatable bonds is 7. The Kier molecular flexibility index (Phi) is 4.93. The Balaban J connectivity index is 2.21.